The fourth-order valence-corrected chi connectivity index (χ4v) is 1.10. The van der Waals surface area contributed by atoms with E-state index in [0.29, 0.717) is 5.56 Å². The average molecular weight is 240 g/mol. The fourth-order valence-electron chi connectivity index (χ4n) is 1.10. The number of halogens is 1. The molecule has 0 fully saturated rings. The number of amides is 2. The lowest BCUT2D eigenvalue weighted by Crippen LogP contribution is -2.40. The Morgan fingerprint density at radius 2 is 2.06 bits per heavy atom. The summed E-state index contributed by atoms with van der Waals surface area (Å²) in [5, 5.41) is 13.1. The third-order valence-electron chi connectivity index (χ3n) is 2.15. The number of carbonyl (C=O) groups is 2. The molecule has 1 atom stereocenters. The van der Waals surface area contributed by atoms with Gasteiger partial charge in [-0.2, -0.15) is 0 Å². The Hall–Kier alpha value is -2.11. The predicted molar refractivity (Wildman–Crippen MR) is 60.4 cm³/mol. The van der Waals surface area contributed by atoms with Crippen molar-refractivity contribution in [3.05, 3.63) is 29.6 Å². The predicted octanol–water partition coefficient (Wildman–Crippen LogP) is 1.73. The summed E-state index contributed by atoms with van der Waals surface area (Å²) < 4.78 is 13.2. The second-order valence-corrected chi connectivity index (χ2v) is 3.62. The topological polar surface area (TPSA) is 78.4 Å². The number of rotatable bonds is 3. The van der Waals surface area contributed by atoms with Gasteiger partial charge in [-0.25, -0.2) is 9.18 Å². The lowest BCUT2D eigenvalue weighted by molar-refractivity contribution is -0.138. The summed E-state index contributed by atoms with van der Waals surface area (Å²) in [6.45, 7) is 2.93. The Balaban J connectivity index is 2.62. The third-order valence-corrected chi connectivity index (χ3v) is 2.15. The van der Waals surface area contributed by atoms with Crippen LogP contribution in [0.1, 0.15) is 12.5 Å². The minimum absolute atomic E-state index is 0.267. The van der Waals surface area contributed by atoms with Crippen molar-refractivity contribution in [3.8, 4) is 0 Å². The highest BCUT2D eigenvalue weighted by atomic mass is 19.1. The van der Waals surface area contributed by atoms with E-state index in [4.69, 9.17) is 5.11 Å². The average Bonchev–Trinajstić information content (AvgIpc) is 2.23. The van der Waals surface area contributed by atoms with Gasteiger partial charge >= 0.3 is 12.0 Å². The molecule has 2 amide bonds. The quantitative estimate of drug-likeness (QED) is 0.752. The number of benzene rings is 1. The number of carboxylic acids is 1. The van der Waals surface area contributed by atoms with Gasteiger partial charge in [0.15, 0.2) is 0 Å². The van der Waals surface area contributed by atoms with Crippen molar-refractivity contribution >= 4 is 17.7 Å². The lowest BCUT2D eigenvalue weighted by Gasteiger charge is -2.11. The van der Waals surface area contributed by atoms with E-state index in [9.17, 15) is 14.0 Å². The van der Waals surface area contributed by atoms with Crippen LogP contribution in [0.2, 0.25) is 0 Å². The molecule has 5 nitrogen and oxygen atoms in total. The second kappa shape index (κ2) is 5.29. The minimum atomic E-state index is -1.14. The van der Waals surface area contributed by atoms with Crippen LogP contribution in [0.25, 0.3) is 0 Å². The molecule has 0 spiro atoms. The van der Waals surface area contributed by atoms with Crippen molar-refractivity contribution < 1.29 is 19.1 Å². The summed E-state index contributed by atoms with van der Waals surface area (Å²) in [6.07, 6.45) is 0. The van der Waals surface area contributed by atoms with E-state index >= 15 is 0 Å². The number of aliphatic carboxylic acids is 1. The van der Waals surface area contributed by atoms with E-state index in [-0.39, 0.29) is 5.69 Å². The van der Waals surface area contributed by atoms with E-state index in [0.717, 1.165) is 0 Å². The van der Waals surface area contributed by atoms with Gasteiger partial charge in [0.2, 0.25) is 0 Å². The number of anilines is 1. The first-order valence-electron chi connectivity index (χ1n) is 4.96. The van der Waals surface area contributed by atoms with E-state index < -0.39 is 23.9 Å². The molecular formula is C11H13FN2O3. The molecule has 17 heavy (non-hydrogen) atoms. The van der Waals surface area contributed by atoms with Gasteiger partial charge in [0.1, 0.15) is 11.9 Å². The van der Waals surface area contributed by atoms with E-state index in [1.54, 1.807) is 6.92 Å². The van der Waals surface area contributed by atoms with Crippen LogP contribution in [0.4, 0.5) is 14.9 Å². The largest absolute Gasteiger partial charge is 0.480 e. The van der Waals surface area contributed by atoms with Gasteiger partial charge in [-0.15, -0.1) is 0 Å². The summed E-state index contributed by atoms with van der Waals surface area (Å²) in [4.78, 5) is 21.8. The molecule has 0 aromatic heterocycles. The SMILES string of the molecule is Cc1ccc(NC(=O)N[C@H](C)C(=O)O)cc1F. The van der Waals surface area contributed by atoms with Crippen molar-refractivity contribution in [2.45, 2.75) is 19.9 Å². The Morgan fingerprint density at radius 3 is 2.59 bits per heavy atom. The first-order valence-corrected chi connectivity index (χ1v) is 4.96. The number of carbonyl (C=O) groups excluding carboxylic acids is 1. The van der Waals surface area contributed by atoms with Crippen LogP contribution < -0.4 is 10.6 Å². The Kier molecular flexibility index (Phi) is 4.03. The summed E-state index contributed by atoms with van der Waals surface area (Å²) in [7, 11) is 0. The van der Waals surface area contributed by atoms with E-state index in [2.05, 4.69) is 10.6 Å². The van der Waals surface area contributed by atoms with Crippen LogP contribution in [0.5, 0.6) is 0 Å². The monoisotopic (exact) mass is 240 g/mol. The van der Waals surface area contributed by atoms with Crippen LogP contribution in [0.15, 0.2) is 18.2 Å². The normalized spacial score (nSPS) is 11.7. The van der Waals surface area contributed by atoms with Crippen LogP contribution in [0.3, 0.4) is 0 Å². The summed E-state index contributed by atoms with van der Waals surface area (Å²) in [6, 6.07) is 2.52. The van der Waals surface area contributed by atoms with Crippen molar-refractivity contribution in [2.24, 2.45) is 0 Å². The molecular weight excluding hydrogens is 227 g/mol. The first kappa shape index (κ1) is 13.0. The van der Waals surface area contributed by atoms with E-state index in [1.165, 1.54) is 25.1 Å². The molecule has 0 saturated heterocycles. The summed E-state index contributed by atoms with van der Waals surface area (Å²) >= 11 is 0. The molecule has 1 aromatic carbocycles. The molecule has 0 aliphatic heterocycles. The number of carboxylic acid groups (broad SMARTS) is 1. The van der Waals surface area contributed by atoms with Gasteiger partial charge in [-0.3, -0.25) is 4.79 Å². The molecule has 0 bridgehead atoms. The molecule has 92 valence electrons. The molecule has 0 unspecified atom stereocenters. The molecule has 0 aliphatic rings. The van der Waals surface area contributed by atoms with Gasteiger partial charge in [0.05, 0.1) is 0 Å². The first-order chi connectivity index (χ1) is 7.90. The van der Waals surface area contributed by atoms with Gasteiger partial charge < -0.3 is 15.7 Å². The third kappa shape index (κ3) is 3.75. The summed E-state index contributed by atoms with van der Waals surface area (Å²) in [5.74, 6) is -1.58. The van der Waals surface area contributed by atoms with Crippen molar-refractivity contribution in [2.75, 3.05) is 5.32 Å². The number of urea groups is 1. The second-order valence-electron chi connectivity index (χ2n) is 3.62. The van der Waals surface area contributed by atoms with Crippen LogP contribution >= 0.6 is 0 Å². The Bertz CT molecular complexity index is 448. The van der Waals surface area contributed by atoms with Gasteiger partial charge in [0, 0.05) is 5.69 Å². The van der Waals surface area contributed by atoms with Gasteiger partial charge in [-0.1, -0.05) is 6.07 Å². The smallest absolute Gasteiger partial charge is 0.325 e. The number of hydrogen-bond acceptors (Lipinski definition) is 2. The fraction of sp³-hybridized carbons (Fsp3) is 0.273. The number of hydrogen-bond donors (Lipinski definition) is 3. The van der Waals surface area contributed by atoms with Crippen LogP contribution in [0, 0.1) is 12.7 Å². The van der Waals surface area contributed by atoms with Gasteiger partial charge in [-0.05, 0) is 31.5 Å². The maximum absolute atomic E-state index is 13.2. The molecule has 6 heteroatoms. The molecule has 0 radical (unpaired) electrons. The zero-order chi connectivity index (χ0) is 13.0. The highest BCUT2D eigenvalue weighted by Gasteiger charge is 2.13. The van der Waals surface area contributed by atoms with Crippen LogP contribution in [-0.4, -0.2) is 23.1 Å². The van der Waals surface area contributed by atoms with Crippen molar-refractivity contribution in [1.82, 2.24) is 5.32 Å². The number of aryl methyl sites for hydroxylation is 1. The molecule has 0 aliphatic carbocycles. The lowest BCUT2D eigenvalue weighted by atomic mass is 10.2. The zero-order valence-electron chi connectivity index (χ0n) is 9.45. The highest BCUT2D eigenvalue weighted by Crippen LogP contribution is 2.13. The molecule has 1 rings (SSSR count). The standard InChI is InChI=1S/C11H13FN2O3/c1-6-3-4-8(5-9(6)12)14-11(17)13-7(2)10(15)16/h3-5,7H,1-2H3,(H,15,16)(H2,13,14,17)/t7-/m1/s1. The number of nitrogens with one attached hydrogen (secondary N) is 2. The van der Waals surface area contributed by atoms with E-state index in [1.807, 2.05) is 0 Å². The molecule has 0 saturated carbocycles. The molecule has 1 aromatic rings. The minimum Gasteiger partial charge on any atom is -0.480 e. The Morgan fingerprint density at radius 1 is 1.41 bits per heavy atom. The van der Waals surface area contributed by atoms with Gasteiger partial charge in [0.25, 0.3) is 0 Å². The van der Waals surface area contributed by atoms with Crippen LogP contribution in [-0.2, 0) is 4.79 Å². The highest BCUT2D eigenvalue weighted by molar-refractivity contribution is 5.92. The summed E-state index contributed by atoms with van der Waals surface area (Å²) in [5.41, 5.74) is 0.734. The van der Waals surface area contributed by atoms with Crippen molar-refractivity contribution in [1.29, 1.82) is 0 Å². The Labute approximate surface area is 97.6 Å². The molecule has 3 N–H and O–H groups in total. The maximum atomic E-state index is 13.2. The van der Waals surface area contributed by atoms with Crippen molar-refractivity contribution in [3.63, 3.8) is 0 Å². The zero-order valence-corrected chi connectivity index (χ0v) is 9.45. The maximum Gasteiger partial charge on any atom is 0.325 e. The molecule has 0 heterocycles.